The number of carbonyl (C=O) groups excluding carboxylic acids is 3. The second-order valence-corrected chi connectivity index (χ2v) is 13.4. The third-order valence-electron chi connectivity index (χ3n) is 9.57. The van der Waals surface area contributed by atoms with Crippen LogP contribution < -0.4 is 9.40 Å². The molecular formula is C33H45ClFN5O6+2. The highest BCUT2D eigenvalue weighted by atomic mass is 35.5. The molecule has 2 fully saturated rings. The first-order valence-electron chi connectivity index (χ1n) is 16.3. The van der Waals surface area contributed by atoms with Crippen LogP contribution in [-0.4, -0.2) is 141 Å². The first-order valence-corrected chi connectivity index (χ1v) is 16.7. The van der Waals surface area contributed by atoms with Crippen molar-refractivity contribution in [1.82, 2.24) is 19.4 Å². The molecule has 5 aliphatic heterocycles. The highest BCUT2D eigenvalue weighted by molar-refractivity contribution is 6.41. The van der Waals surface area contributed by atoms with E-state index in [1.807, 2.05) is 6.92 Å². The molecule has 0 aromatic heterocycles. The molecule has 0 aliphatic carbocycles. The number of hydrogen-bond acceptors (Lipinski definition) is 8. The number of piperidine rings is 1. The molecule has 2 saturated heterocycles. The SMILES string of the molecule is CC1CN(C(=O)Cc2ccc(OCCCC3CCN(C4=[N+]=C5C[C@@H](C)[N+]4=CC5Cl)CC3)cc2F)CCN1CC(=O)C(=O)[C@H](O)CO. The monoisotopic (exact) mass is 661 g/mol. The van der Waals surface area contributed by atoms with Gasteiger partial charge in [-0.25, -0.2) is 4.39 Å². The number of fused-ring (bicyclic) bond motifs is 2. The number of ether oxygens (including phenoxy) is 1. The van der Waals surface area contributed by atoms with Crippen LogP contribution in [0, 0.1) is 11.7 Å². The molecule has 1 aromatic carbocycles. The van der Waals surface area contributed by atoms with Crippen LogP contribution in [0.1, 0.15) is 51.5 Å². The van der Waals surface area contributed by atoms with E-state index in [1.165, 1.54) is 6.07 Å². The van der Waals surface area contributed by atoms with Crippen molar-refractivity contribution in [3.05, 3.63) is 29.6 Å². The lowest BCUT2D eigenvalue weighted by Crippen LogP contribution is -2.56. The Bertz CT molecular complexity index is 1420. The molecule has 2 N–H and O–H groups in total. The van der Waals surface area contributed by atoms with Crippen LogP contribution in [-0.2, 0) is 20.8 Å². The Balaban J connectivity index is 1.01. The molecule has 2 unspecified atom stereocenters. The number of Topliss-reactive ketones (excluding diaryl/α,β-unsaturated/α-hetero) is 2. The molecule has 5 heterocycles. The molecule has 0 radical (unpaired) electrons. The fraction of sp³-hybridized carbons (Fsp3) is 0.636. The first-order chi connectivity index (χ1) is 22.0. The maximum Gasteiger partial charge on any atom is 0.630 e. The van der Waals surface area contributed by atoms with Crippen LogP contribution in [0.15, 0.2) is 18.2 Å². The third-order valence-corrected chi connectivity index (χ3v) is 9.93. The van der Waals surface area contributed by atoms with Crippen molar-refractivity contribution in [2.75, 3.05) is 52.5 Å². The molecule has 5 aliphatic rings. The van der Waals surface area contributed by atoms with Crippen LogP contribution >= 0.6 is 11.6 Å². The van der Waals surface area contributed by atoms with Crippen molar-refractivity contribution in [2.45, 2.75) is 75.9 Å². The van der Waals surface area contributed by atoms with E-state index in [4.69, 9.17) is 26.1 Å². The average Bonchev–Trinajstić information content (AvgIpc) is 3.05. The summed E-state index contributed by atoms with van der Waals surface area (Å²) in [7, 11) is 0. The number of aliphatic hydroxyl groups excluding tert-OH is 2. The largest absolute Gasteiger partial charge is 0.630 e. The fourth-order valence-electron chi connectivity index (χ4n) is 6.69. The predicted molar refractivity (Wildman–Crippen MR) is 172 cm³/mol. The van der Waals surface area contributed by atoms with Crippen molar-refractivity contribution < 1.29 is 38.3 Å². The van der Waals surface area contributed by atoms with E-state index in [0.717, 1.165) is 56.9 Å². The van der Waals surface area contributed by atoms with Gasteiger partial charge in [-0.05, 0) is 57.1 Å². The molecule has 11 nitrogen and oxygen atoms in total. The highest BCUT2D eigenvalue weighted by Gasteiger charge is 2.48. The summed E-state index contributed by atoms with van der Waals surface area (Å²) in [4.78, 5) is 42.6. The third kappa shape index (κ3) is 8.04. The number of benzene rings is 1. The molecule has 1 amide bonds. The number of alkyl halides is 1. The topological polar surface area (TPSA) is 128 Å². The van der Waals surface area contributed by atoms with E-state index in [-0.39, 0.29) is 35.9 Å². The molecule has 2 bridgehead atoms. The lowest BCUT2D eigenvalue weighted by Gasteiger charge is -2.39. The van der Waals surface area contributed by atoms with Gasteiger partial charge in [0.05, 0.1) is 32.6 Å². The number of carbonyl (C=O) groups is 3. The summed E-state index contributed by atoms with van der Waals surface area (Å²) in [6.07, 6.45) is 5.31. The first kappa shape index (κ1) is 34.2. The van der Waals surface area contributed by atoms with Gasteiger partial charge in [-0.15, -0.1) is 20.8 Å². The summed E-state index contributed by atoms with van der Waals surface area (Å²) in [5, 5.41) is 18.2. The van der Waals surface area contributed by atoms with Crippen molar-refractivity contribution in [2.24, 2.45) is 5.92 Å². The molecule has 1 aromatic rings. The van der Waals surface area contributed by atoms with Crippen LogP contribution in [0.25, 0.3) is 0 Å². The molecule has 4 atom stereocenters. The van der Waals surface area contributed by atoms with Crippen molar-refractivity contribution in [3.8, 4) is 5.75 Å². The van der Waals surface area contributed by atoms with E-state index >= 15 is 0 Å². The van der Waals surface area contributed by atoms with Gasteiger partial charge >= 0.3 is 5.96 Å². The lowest BCUT2D eigenvalue weighted by atomic mass is 9.92. The van der Waals surface area contributed by atoms with Crippen LogP contribution in [0.5, 0.6) is 5.75 Å². The number of guanidine groups is 1. The molecule has 46 heavy (non-hydrogen) atoms. The Kier molecular flexibility index (Phi) is 11.3. The van der Waals surface area contributed by atoms with Gasteiger partial charge in [0.2, 0.25) is 17.5 Å². The number of hydrogen-bond donors (Lipinski definition) is 2. The number of ketones is 2. The van der Waals surface area contributed by atoms with Gasteiger partial charge in [0, 0.05) is 31.7 Å². The van der Waals surface area contributed by atoms with Gasteiger partial charge < -0.3 is 19.8 Å². The number of nitrogens with zero attached hydrogens (tertiary/aromatic N) is 5. The zero-order valence-electron chi connectivity index (χ0n) is 26.6. The smallest absolute Gasteiger partial charge is 0.493 e. The van der Waals surface area contributed by atoms with Crippen molar-refractivity contribution in [1.29, 1.82) is 0 Å². The Morgan fingerprint density at radius 3 is 2.61 bits per heavy atom. The summed E-state index contributed by atoms with van der Waals surface area (Å²) in [6, 6.07) is 4.81. The molecule has 0 spiro atoms. The quantitative estimate of drug-likeness (QED) is 0.110. The number of halogens is 2. The minimum Gasteiger partial charge on any atom is -0.493 e. The van der Waals surface area contributed by atoms with Gasteiger partial charge in [0.15, 0.2) is 5.38 Å². The Morgan fingerprint density at radius 1 is 1.17 bits per heavy atom. The van der Waals surface area contributed by atoms with E-state index in [1.54, 1.807) is 21.9 Å². The Labute approximate surface area is 274 Å². The zero-order chi connectivity index (χ0) is 33.0. The Morgan fingerprint density at radius 2 is 1.93 bits per heavy atom. The minimum absolute atomic E-state index is 0.0927. The second-order valence-electron chi connectivity index (χ2n) is 12.9. The standard InChI is InChI=1S/C33H45ClFN5O6/c1-21-14-28-26(34)18-40(21)33(36-28)37-9-7-23(8-10-37)4-3-13-46-25-6-5-24(27(35)16-25)15-31(44)39-12-11-38(22(2)17-39)19-29(42)32(45)30(43)20-41/h5-6,16,18,21-23,26,30,41,43H,3-4,7-15,17,19-20H2,1-2H3/q+2/t21-,22?,26?,30-/m1/s1. The van der Waals surface area contributed by atoms with Crippen LogP contribution in [0.3, 0.4) is 0 Å². The second kappa shape index (κ2) is 15.2. The number of likely N-dealkylation sites (tertiary alicyclic amines) is 1. The predicted octanol–water partition coefficient (Wildman–Crippen LogP) is 0.624. The van der Waals surface area contributed by atoms with Crippen LogP contribution in [0.4, 0.5) is 4.39 Å². The summed E-state index contributed by atoms with van der Waals surface area (Å²) in [5.41, 5.74) is 1.35. The maximum atomic E-state index is 14.9. The van der Waals surface area contributed by atoms with Gasteiger partial charge in [0.1, 0.15) is 43.0 Å². The Hall–Kier alpha value is -3.15. The number of amides is 1. The summed E-state index contributed by atoms with van der Waals surface area (Å²) in [6.45, 7) is 6.48. The highest BCUT2D eigenvalue weighted by Crippen LogP contribution is 2.25. The molecular weight excluding hydrogens is 617 g/mol. The van der Waals surface area contributed by atoms with Crippen molar-refractivity contribution in [3.63, 3.8) is 0 Å². The molecule has 0 saturated carbocycles. The van der Waals surface area contributed by atoms with E-state index in [2.05, 4.69) is 22.6 Å². The van der Waals surface area contributed by atoms with Gasteiger partial charge in [-0.1, -0.05) is 6.07 Å². The summed E-state index contributed by atoms with van der Waals surface area (Å²) >= 11 is 6.39. The van der Waals surface area contributed by atoms with Crippen LogP contribution in [0.2, 0.25) is 0 Å². The number of rotatable bonds is 12. The number of piperazine rings is 1. The number of aliphatic hydroxyl groups is 2. The minimum atomic E-state index is -1.72. The summed E-state index contributed by atoms with van der Waals surface area (Å²) in [5.74, 6) is -0.430. The fourth-order valence-corrected chi connectivity index (χ4v) is 6.95. The molecule has 250 valence electrons. The molecule has 6 rings (SSSR count). The van der Waals surface area contributed by atoms with E-state index in [9.17, 15) is 23.9 Å². The van der Waals surface area contributed by atoms with Gasteiger partial charge in [-0.3, -0.25) is 19.3 Å². The van der Waals surface area contributed by atoms with Gasteiger partial charge in [0.25, 0.3) is 5.71 Å². The normalized spacial score (nSPS) is 24.3. The molecule has 13 heteroatoms. The van der Waals surface area contributed by atoms with Gasteiger partial charge in [-0.2, -0.15) is 4.90 Å². The van der Waals surface area contributed by atoms with E-state index in [0.29, 0.717) is 44.0 Å². The maximum absolute atomic E-state index is 14.9. The summed E-state index contributed by atoms with van der Waals surface area (Å²) < 4.78 is 27.8. The lowest BCUT2D eigenvalue weighted by molar-refractivity contribution is -0.460. The zero-order valence-corrected chi connectivity index (χ0v) is 27.4. The van der Waals surface area contributed by atoms with Crippen molar-refractivity contribution >= 4 is 47.0 Å². The average molecular weight is 662 g/mol. The van der Waals surface area contributed by atoms with E-state index < -0.39 is 30.1 Å².